The van der Waals surface area contributed by atoms with Crippen molar-refractivity contribution in [3.8, 4) is 0 Å². The first-order valence-electron chi connectivity index (χ1n) is 5.06. The van der Waals surface area contributed by atoms with E-state index in [9.17, 15) is 8.42 Å². The summed E-state index contributed by atoms with van der Waals surface area (Å²) in [6.07, 6.45) is 0. The summed E-state index contributed by atoms with van der Waals surface area (Å²) in [6, 6.07) is 9.12. The van der Waals surface area contributed by atoms with Gasteiger partial charge in [0, 0.05) is 0 Å². The fourth-order valence-electron chi connectivity index (χ4n) is 1.53. The zero-order valence-electron chi connectivity index (χ0n) is 8.80. The van der Waals surface area contributed by atoms with E-state index in [2.05, 4.69) is 4.99 Å². The second kappa shape index (κ2) is 4.65. The number of nitrogens with zero attached hydrogens (tertiary/aromatic N) is 1. The molecule has 1 heterocycles. The second-order valence-electron chi connectivity index (χ2n) is 3.64. The van der Waals surface area contributed by atoms with Gasteiger partial charge < -0.3 is 4.74 Å². The standard InChI is InChI=1S/C11H13NO3S/c13-16(14,9-11-12-6-7-15-11)8-10-4-2-1-3-5-10/h1-5H,6-9H2. The zero-order valence-corrected chi connectivity index (χ0v) is 9.61. The summed E-state index contributed by atoms with van der Waals surface area (Å²) in [6.45, 7) is 1.06. The third kappa shape index (κ3) is 3.06. The Morgan fingerprint density at radius 1 is 1.19 bits per heavy atom. The first-order valence-corrected chi connectivity index (χ1v) is 6.88. The number of benzene rings is 1. The Labute approximate surface area is 94.9 Å². The van der Waals surface area contributed by atoms with Gasteiger partial charge in [-0.25, -0.2) is 8.42 Å². The highest BCUT2D eigenvalue weighted by Crippen LogP contribution is 2.08. The van der Waals surface area contributed by atoms with Crippen molar-refractivity contribution in [3.63, 3.8) is 0 Å². The Morgan fingerprint density at radius 3 is 2.56 bits per heavy atom. The van der Waals surface area contributed by atoms with Crippen LogP contribution >= 0.6 is 0 Å². The molecule has 0 radical (unpaired) electrons. The molecular formula is C11H13NO3S. The molecular weight excluding hydrogens is 226 g/mol. The van der Waals surface area contributed by atoms with Crippen LogP contribution in [0.5, 0.6) is 0 Å². The molecule has 2 rings (SSSR count). The van der Waals surface area contributed by atoms with Gasteiger partial charge >= 0.3 is 0 Å². The molecule has 1 aliphatic heterocycles. The van der Waals surface area contributed by atoms with Gasteiger partial charge in [0.2, 0.25) is 0 Å². The van der Waals surface area contributed by atoms with Crippen LogP contribution in [0.25, 0.3) is 0 Å². The quantitative estimate of drug-likeness (QED) is 0.788. The van der Waals surface area contributed by atoms with Crippen LogP contribution in [0.4, 0.5) is 0 Å². The lowest BCUT2D eigenvalue weighted by Gasteiger charge is -2.04. The maximum atomic E-state index is 11.8. The monoisotopic (exact) mass is 239 g/mol. The number of hydrogen-bond donors (Lipinski definition) is 0. The highest BCUT2D eigenvalue weighted by molar-refractivity contribution is 7.91. The fourth-order valence-corrected chi connectivity index (χ4v) is 2.89. The van der Waals surface area contributed by atoms with Gasteiger partial charge in [-0.1, -0.05) is 30.3 Å². The van der Waals surface area contributed by atoms with E-state index in [1.54, 1.807) is 12.1 Å². The summed E-state index contributed by atoms with van der Waals surface area (Å²) < 4.78 is 28.7. The maximum absolute atomic E-state index is 11.8. The van der Waals surface area contributed by atoms with Crippen molar-refractivity contribution >= 4 is 15.7 Å². The summed E-state index contributed by atoms with van der Waals surface area (Å²) in [5.74, 6) is 0.286. The van der Waals surface area contributed by atoms with Gasteiger partial charge in [0.1, 0.15) is 12.4 Å². The Balaban J connectivity index is 2.03. The number of hydrogen-bond acceptors (Lipinski definition) is 4. The van der Waals surface area contributed by atoms with E-state index in [1.165, 1.54) is 0 Å². The second-order valence-corrected chi connectivity index (χ2v) is 5.71. The summed E-state index contributed by atoms with van der Waals surface area (Å²) in [4.78, 5) is 3.98. The molecule has 0 atom stereocenters. The van der Waals surface area contributed by atoms with Gasteiger partial charge in [-0.3, -0.25) is 4.99 Å². The van der Waals surface area contributed by atoms with E-state index in [0.29, 0.717) is 19.0 Å². The smallest absolute Gasteiger partial charge is 0.198 e. The van der Waals surface area contributed by atoms with Crippen LogP contribution in [-0.4, -0.2) is 33.2 Å². The zero-order chi connectivity index (χ0) is 11.4. The molecule has 0 saturated carbocycles. The van der Waals surface area contributed by atoms with Crippen molar-refractivity contribution in [2.45, 2.75) is 5.75 Å². The third-order valence-corrected chi connectivity index (χ3v) is 3.68. The van der Waals surface area contributed by atoms with Crippen molar-refractivity contribution in [2.75, 3.05) is 18.9 Å². The van der Waals surface area contributed by atoms with Gasteiger partial charge in [-0.2, -0.15) is 0 Å². The molecule has 86 valence electrons. The van der Waals surface area contributed by atoms with Crippen molar-refractivity contribution < 1.29 is 13.2 Å². The molecule has 1 aromatic rings. The molecule has 0 bridgehead atoms. The SMILES string of the molecule is O=S(=O)(CC1=NCCO1)Cc1ccccc1. The van der Waals surface area contributed by atoms with E-state index in [4.69, 9.17) is 4.74 Å². The first-order chi connectivity index (χ1) is 7.66. The van der Waals surface area contributed by atoms with Crippen LogP contribution in [-0.2, 0) is 20.3 Å². The minimum Gasteiger partial charge on any atom is -0.478 e. The molecule has 0 saturated heterocycles. The Kier molecular flexibility index (Phi) is 3.24. The normalized spacial score (nSPS) is 15.6. The van der Waals surface area contributed by atoms with Crippen LogP contribution in [0, 0.1) is 0 Å². The minimum absolute atomic E-state index is 0.0379. The third-order valence-electron chi connectivity index (χ3n) is 2.22. The lowest BCUT2D eigenvalue weighted by molar-refractivity contribution is 0.345. The van der Waals surface area contributed by atoms with Crippen LogP contribution in [0.1, 0.15) is 5.56 Å². The van der Waals surface area contributed by atoms with Crippen molar-refractivity contribution in [1.82, 2.24) is 0 Å². The van der Waals surface area contributed by atoms with Crippen LogP contribution < -0.4 is 0 Å². The predicted octanol–water partition coefficient (Wildman–Crippen LogP) is 1.03. The first kappa shape index (κ1) is 11.1. The predicted molar refractivity (Wildman–Crippen MR) is 62.2 cm³/mol. The maximum Gasteiger partial charge on any atom is 0.198 e. The lowest BCUT2D eigenvalue weighted by Crippen LogP contribution is -2.18. The molecule has 0 amide bonds. The van der Waals surface area contributed by atoms with Crippen LogP contribution in [0.3, 0.4) is 0 Å². The highest BCUT2D eigenvalue weighted by atomic mass is 32.2. The van der Waals surface area contributed by atoms with E-state index in [1.807, 2.05) is 18.2 Å². The summed E-state index contributed by atoms with van der Waals surface area (Å²) >= 11 is 0. The van der Waals surface area contributed by atoms with Gasteiger partial charge in [0.15, 0.2) is 15.7 Å². The van der Waals surface area contributed by atoms with E-state index >= 15 is 0 Å². The molecule has 0 aliphatic carbocycles. The van der Waals surface area contributed by atoms with E-state index in [0.717, 1.165) is 5.56 Å². The highest BCUT2D eigenvalue weighted by Gasteiger charge is 2.18. The minimum atomic E-state index is -3.17. The number of sulfone groups is 1. The van der Waals surface area contributed by atoms with Crippen molar-refractivity contribution in [3.05, 3.63) is 35.9 Å². The number of ether oxygens (including phenoxy) is 1. The Bertz CT molecular complexity index is 479. The van der Waals surface area contributed by atoms with Crippen molar-refractivity contribution in [2.24, 2.45) is 4.99 Å². The molecule has 0 N–H and O–H groups in total. The topological polar surface area (TPSA) is 55.7 Å². The van der Waals surface area contributed by atoms with Crippen LogP contribution in [0.15, 0.2) is 35.3 Å². The molecule has 0 fully saturated rings. The molecule has 4 nitrogen and oxygen atoms in total. The summed E-state index contributed by atoms with van der Waals surface area (Å²) in [7, 11) is -3.17. The van der Waals surface area contributed by atoms with Gasteiger partial charge in [0.05, 0.1) is 12.3 Å². The average molecular weight is 239 g/mol. The van der Waals surface area contributed by atoms with E-state index < -0.39 is 9.84 Å². The lowest BCUT2D eigenvalue weighted by atomic mass is 10.2. The summed E-state index contributed by atoms with van der Waals surface area (Å²) in [5.41, 5.74) is 0.793. The van der Waals surface area contributed by atoms with Crippen LogP contribution in [0.2, 0.25) is 0 Å². The van der Waals surface area contributed by atoms with Crippen molar-refractivity contribution in [1.29, 1.82) is 0 Å². The molecule has 0 aromatic heterocycles. The average Bonchev–Trinajstić information content (AvgIpc) is 2.70. The molecule has 5 heteroatoms. The molecule has 1 aliphatic rings. The van der Waals surface area contributed by atoms with E-state index in [-0.39, 0.29) is 11.5 Å². The number of rotatable bonds is 4. The molecule has 1 aromatic carbocycles. The van der Waals surface area contributed by atoms with Gasteiger partial charge in [-0.15, -0.1) is 0 Å². The largest absolute Gasteiger partial charge is 0.478 e. The molecule has 0 unspecified atom stereocenters. The molecule has 0 spiro atoms. The number of aliphatic imine (C=N–C) groups is 1. The fraction of sp³-hybridized carbons (Fsp3) is 0.364. The Hall–Kier alpha value is -1.36. The molecule has 16 heavy (non-hydrogen) atoms. The summed E-state index contributed by atoms with van der Waals surface area (Å²) in [5, 5.41) is 0. The van der Waals surface area contributed by atoms with Gasteiger partial charge in [0.25, 0.3) is 0 Å². The van der Waals surface area contributed by atoms with Gasteiger partial charge in [-0.05, 0) is 5.56 Å². The Morgan fingerprint density at radius 2 is 1.94 bits per heavy atom.